The van der Waals surface area contributed by atoms with Crippen molar-refractivity contribution in [2.45, 2.75) is 31.9 Å². The number of carbonyl (C=O) groups excluding carboxylic acids is 1. The van der Waals surface area contributed by atoms with Gasteiger partial charge >= 0.3 is 7.12 Å². The Balaban J connectivity index is 1.48. The molecule has 2 aliphatic rings. The molecule has 0 bridgehead atoms. The Morgan fingerprint density at radius 3 is 2.63 bits per heavy atom. The zero-order valence-electron chi connectivity index (χ0n) is 20.4. The first-order chi connectivity index (χ1) is 18.3. The zero-order valence-corrected chi connectivity index (χ0v) is 21.3. The van der Waals surface area contributed by atoms with E-state index in [4.69, 9.17) is 9.07 Å². The first-order valence-electron chi connectivity index (χ1n) is 12.2. The second kappa shape index (κ2) is 9.66. The van der Waals surface area contributed by atoms with Crippen LogP contribution in [0.2, 0.25) is 0 Å². The molecule has 0 spiro atoms. The van der Waals surface area contributed by atoms with Gasteiger partial charge in [0, 0.05) is 24.1 Å². The van der Waals surface area contributed by atoms with Gasteiger partial charge in [0.05, 0.1) is 24.4 Å². The second-order valence-electron chi connectivity index (χ2n) is 9.54. The minimum absolute atomic E-state index is 0.131. The van der Waals surface area contributed by atoms with Crippen molar-refractivity contribution >= 4 is 46.4 Å². The highest BCUT2D eigenvalue weighted by molar-refractivity contribution is 7.80. The van der Waals surface area contributed by atoms with Crippen molar-refractivity contribution in [2.24, 2.45) is 0 Å². The molecule has 1 fully saturated rings. The van der Waals surface area contributed by atoms with Crippen LogP contribution in [0, 0.1) is 5.82 Å². The monoisotopic (exact) mass is 534 g/mol. The molecule has 1 aliphatic heterocycles. The molecule has 0 saturated heterocycles. The summed E-state index contributed by atoms with van der Waals surface area (Å²) in [6.45, 7) is 0.401. The molecule has 2 heterocycles. The van der Waals surface area contributed by atoms with Crippen LogP contribution in [0.25, 0.3) is 22.3 Å². The van der Waals surface area contributed by atoms with Gasteiger partial charge in [-0.2, -0.15) is 0 Å². The number of hydrogen-bond donors (Lipinski definition) is 3. The lowest BCUT2D eigenvalue weighted by atomic mass is 9.79. The van der Waals surface area contributed by atoms with Crippen LogP contribution < -0.4 is 15.1 Å². The van der Waals surface area contributed by atoms with Gasteiger partial charge in [0.2, 0.25) is 0 Å². The number of anilines is 1. The topological polar surface area (TPSA) is 112 Å². The van der Waals surface area contributed by atoms with E-state index >= 15 is 0 Å². The van der Waals surface area contributed by atoms with Crippen LogP contribution in [0.15, 0.2) is 59.0 Å². The summed E-state index contributed by atoms with van der Waals surface area (Å²) in [5.74, 6) is -0.265. The quantitative estimate of drug-likeness (QED) is 0.246. The first-order valence-corrected chi connectivity index (χ1v) is 13.3. The van der Waals surface area contributed by atoms with Gasteiger partial charge in [0.25, 0.3) is 17.2 Å². The molecule has 3 aromatic carbocycles. The molecule has 1 aliphatic carbocycles. The van der Waals surface area contributed by atoms with Crippen molar-refractivity contribution in [1.82, 2.24) is 5.32 Å². The SMILES string of the molecule is CNC(=O)c1c(-c2ccc(F)cc2)oc2cc(N(Cc3ccc4c(c3)COB4O)S(=O)O)c(C3CC3)cc12. The standard InChI is InChI=1S/C27H24BFN2O6S/c1-30-27(32)25-21-11-20(16-3-4-16)23(12-24(21)37-26(25)17-5-7-19(29)8-6-17)31(38(34)35)13-15-2-9-22-18(10-15)14-36-28(22)33/h2,5-12,16,33H,3-4,13-14H2,1H3,(H,30,32)(H,34,35). The smallest absolute Gasteiger partial charge is 0.455 e. The molecular weight excluding hydrogens is 510 g/mol. The number of fused-ring (bicyclic) bond motifs is 2. The van der Waals surface area contributed by atoms with Gasteiger partial charge < -0.3 is 19.4 Å². The van der Waals surface area contributed by atoms with E-state index in [0.717, 1.165) is 29.5 Å². The fourth-order valence-corrected chi connectivity index (χ4v) is 5.60. The molecule has 1 amide bonds. The van der Waals surface area contributed by atoms with Crippen molar-refractivity contribution in [1.29, 1.82) is 0 Å². The van der Waals surface area contributed by atoms with Crippen LogP contribution in [0.1, 0.15) is 45.8 Å². The Morgan fingerprint density at radius 2 is 1.95 bits per heavy atom. The molecule has 4 aromatic rings. The largest absolute Gasteiger partial charge is 0.491 e. The van der Waals surface area contributed by atoms with E-state index in [9.17, 15) is 23.0 Å². The minimum Gasteiger partial charge on any atom is -0.455 e. The maximum Gasteiger partial charge on any atom is 0.491 e. The number of furan rings is 1. The summed E-state index contributed by atoms with van der Waals surface area (Å²) in [5, 5.41) is 13.2. The molecule has 1 saturated carbocycles. The van der Waals surface area contributed by atoms with Gasteiger partial charge in [-0.1, -0.05) is 18.2 Å². The van der Waals surface area contributed by atoms with Crippen LogP contribution in [-0.2, 0) is 29.1 Å². The Labute approximate surface area is 221 Å². The normalized spacial score (nSPS) is 15.5. The van der Waals surface area contributed by atoms with Gasteiger partial charge in [0.15, 0.2) is 0 Å². The number of halogens is 1. The van der Waals surface area contributed by atoms with E-state index in [1.54, 1.807) is 30.3 Å². The maximum atomic E-state index is 13.6. The molecule has 1 atom stereocenters. The average molecular weight is 534 g/mol. The van der Waals surface area contributed by atoms with Crippen LogP contribution in [0.3, 0.4) is 0 Å². The van der Waals surface area contributed by atoms with Crippen molar-refractivity contribution in [2.75, 3.05) is 11.4 Å². The van der Waals surface area contributed by atoms with E-state index in [0.29, 0.717) is 39.0 Å². The molecule has 1 aromatic heterocycles. The number of rotatable bonds is 7. The summed E-state index contributed by atoms with van der Waals surface area (Å²) >= 11 is -2.36. The molecule has 38 heavy (non-hydrogen) atoms. The highest BCUT2D eigenvalue weighted by atomic mass is 32.2. The summed E-state index contributed by atoms with van der Waals surface area (Å²) in [5.41, 5.74) is 4.96. The number of carbonyl (C=O) groups is 1. The molecular formula is C27H24BFN2O6S. The van der Waals surface area contributed by atoms with Crippen LogP contribution in [0.5, 0.6) is 0 Å². The third kappa shape index (κ3) is 4.41. The highest BCUT2D eigenvalue weighted by Gasteiger charge is 2.33. The lowest BCUT2D eigenvalue weighted by molar-refractivity contribution is 0.0964. The van der Waals surface area contributed by atoms with Crippen LogP contribution in [-0.4, -0.2) is 33.9 Å². The predicted octanol–water partition coefficient (Wildman–Crippen LogP) is 3.84. The molecule has 8 nitrogen and oxygen atoms in total. The van der Waals surface area contributed by atoms with Crippen molar-refractivity contribution in [3.05, 3.63) is 82.7 Å². The summed E-state index contributed by atoms with van der Waals surface area (Å²) in [7, 11) is 0.568. The van der Waals surface area contributed by atoms with Gasteiger partial charge in [-0.25, -0.2) is 8.60 Å². The van der Waals surface area contributed by atoms with Crippen molar-refractivity contribution in [3.63, 3.8) is 0 Å². The number of nitrogens with one attached hydrogen (secondary N) is 1. The van der Waals surface area contributed by atoms with E-state index in [1.807, 2.05) is 12.1 Å². The molecule has 194 valence electrons. The van der Waals surface area contributed by atoms with Gasteiger partial charge in [0.1, 0.15) is 17.2 Å². The van der Waals surface area contributed by atoms with Gasteiger partial charge in [-0.05, 0) is 71.2 Å². The lowest BCUT2D eigenvalue weighted by Gasteiger charge is -2.23. The molecule has 0 radical (unpaired) electrons. The first kappa shape index (κ1) is 24.8. The third-order valence-corrected chi connectivity index (χ3v) is 7.77. The molecule has 6 rings (SSSR count). The van der Waals surface area contributed by atoms with E-state index in [2.05, 4.69) is 5.32 Å². The number of amides is 1. The lowest BCUT2D eigenvalue weighted by Crippen LogP contribution is -2.29. The maximum absolute atomic E-state index is 13.6. The van der Waals surface area contributed by atoms with E-state index < -0.39 is 24.2 Å². The van der Waals surface area contributed by atoms with Crippen molar-refractivity contribution in [3.8, 4) is 11.3 Å². The summed E-state index contributed by atoms with van der Waals surface area (Å²) in [6.07, 6.45) is 1.85. The fraction of sp³-hybridized carbons (Fsp3) is 0.222. The Hall–Kier alpha value is -3.51. The average Bonchev–Trinajstić information content (AvgIpc) is 3.60. The van der Waals surface area contributed by atoms with Crippen molar-refractivity contribution < 1.29 is 32.0 Å². The molecule has 11 heteroatoms. The van der Waals surface area contributed by atoms with E-state index in [1.165, 1.54) is 23.5 Å². The summed E-state index contributed by atoms with van der Waals surface area (Å²) in [4.78, 5) is 13.0. The number of nitrogens with zero attached hydrogens (tertiary/aromatic N) is 1. The van der Waals surface area contributed by atoms with Gasteiger partial charge in [-0.15, -0.1) is 0 Å². The third-order valence-electron chi connectivity index (χ3n) is 7.07. The van der Waals surface area contributed by atoms with Gasteiger partial charge in [-0.3, -0.25) is 13.7 Å². The molecule has 3 N–H and O–H groups in total. The summed E-state index contributed by atoms with van der Waals surface area (Å²) in [6, 6.07) is 14.7. The Kier molecular flexibility index (Phi) is 6.31. The minimum atomic E-state index is -2.36. The van der Waals surface area contributed by atoms with Crippen LogP contribution in [0.4, 0.5) is 10.1 Å². The fourth-order valence-electron chi connectivity index (χ4n) is 5.01. The number of hydrogen-bond acceptors (Lipinski definition) is 5. The Bertz CT molecular complexity index is 1590. The number of benzene rings is 3. The Morgan fingerprint density at radius 1 is 1.18 bits per heavy atom. The predicted molar refractivity (Wildman–Crippen MR) is 143 cm³/mol. The second-order valence-corrected chi connectivity index (χ2v) is 10.4. The molecule has 1 unspecified atom stereocenters. The zero-order chi connectivity index (χ0) is 26.6. The summed E-state index contributed by atoms with van der Waals surface area (Å²) < 4.78 is 49.4. The van der Waals surface area contributed by atoms with Crippen LogP contribution >= 0.6 is 0 Å². The highest BCUT2D eigenvalue weighted by Crippen LogP contribution is 2.48. The van der Waals surface area contributed by atoms with E-state index in [-0.39, 0.29) is 25.0 Å².